The summed E-state index contributed by atoms with van der Waals surface area (Å²) in [5, 5.41) is 1.36. The average molecular weight is 342 g/mol. The van der Waals surface area contributed by atoms with Crippen molar-refractivity contribution in [1.29, 1.82) is 0 Å². The van der Waals surface area contributed by atoms with E-state index in [4.69, 9.17) is 21.1 Å². The molecule has 0 radical (unpaired) electrons. The van der Waals surface area contributed by atoms with Crippen molar-refractivity contribution in [3.8, 4) is 11.5 Å². The minimum atomic E-state index is 0.293. The minimum Gasteiger partial charge on any atom is -0.494 e. The molecule has 4 nitrogen and oxygen atoms in total. The van der Waals surface area contributed by atoms with Gasteiger partial charge in [-0.05, 0) is 55.5 Å². The van der Waals surface area contributed by atoms with Crippen molar-refractivity contribution < 1.29 is 14.3 Å². The van der Waals surface area contributed by atoms with E-state index < -0.39 is 0 Å². The maximum atomic E-state index is 10.7. The lowest BCUT2D eigenvalue weighted by Gasteiger charge is -2.10. The second-order valence-corrected chi connectivity index (χ2v) is 5.56. The van der Waals surface area contributed by atoms with Gasteiger partial charge >= 0.3 is 0 Å². The van der Waals surface area contributed by atoms with E-state index in [1.165, 1.54) is 0 Å². The van der Waals surface area contributed by atoms with Gasteiger partial charge in [-0.2, -0.15) is 0 Å². The number of hydrogen-bond donors (Lipinski definition) is 0. The molecule has 122 valence electrons. The maximum Gasteiger partial charge on any atom is 0.150 e. The Morgan fingerprint density at radius 3 is 2.50 bits per heavy atom. The number of rotatable bonds is 6. The standard InChI is InChI=1S/C19H16ClNO3/c1-2-23-17-7-8-18-14(10-17)9-15(19(20)21-18)12-24-16-5-3-13(11-22)4-6-16/h3-11H,2,12H2,1H3. The SMILES string of the molecule is CCOc1ccc2nc(Cl)c(COc3ccc(C=O)cc3)cc2c1. The Morgan fingerprint density at radius 1 is 1.04 bits per heavy atom. The number of nitrogens with zero attached hydrogens (tertiary/aromatic N) is 1. The second kappa shape index (κ2) is 7.32. The maximum absolute atomic E-state index is 10.7. The highest BCUT2D eigenvalue weighted by molar-refractivity contribution is 6.30. The minimum absolute atomic E-state index is 0.293. The molecule has 0 spiro atoms. The molecule has 5 heteroatoms. The average Bonchev–Trinajstić information content (AvgIpc) is 2.61. The first-order chi connectivity index (χ1) is 11.7. The summed E-state index contributed by atoms with van der Waals surface area (Å²) in [5.41, 5.74) is 2.20. The third-order valence-corrected chi connectivity index (χ3v) is 3.86. The van der Waals surface area contributed by atoms with Crippen LogP contribution in [0.3, 0.4) is 0 Å². The predicted octanol–water partition coefficient (Wildman–Crippen LogP) is 4.68. The Morgan fingerprint density at radius 2 is 1.79 bits per heavy atom. The lowest BCUT2D eigenvalue weighted by atomic mass is 10.1. The van der Waals surface area contributed by atoms with Crippen LogP contribution in [-0.4, -0.2) is 17.9 Å². The Balaban J connectivity index is 1.81. The first-order valence-corrected chi connectivity index (χ1v) is 7.97. The highest BCUT2D eigenvalue weighted by atomic mass is 35.5. The predicted molar refractivity (Wildman–Crippen MR) is 94.1 cm³/mol. The van der Waals surface area contributed by atoms with Gasteiger partial charge in [0.2, 0.25) is 0 Å². The van der Waals surface area contributed by atoms with Gasteiger partial charge in [0.1, 0.15) is 29.5 Å². The second-order valence-electron chi connectivity index (χ2n) is 5.20. The van der Waals surface area contributed by atoms with E-state index in [1.54, 1.807) is 24.3 Å². The van der Waals surface area contributed by atoms with Crippen molar-refractivity contribution in [2.45, 2.75) is 13.5 Å². The van der Waals surface area contributed by atoms with Crippen LogP contribution in [0.2, 0.25) is 5.15 Å². The number of pyridine rings is 1. The summed E-state index contributed by atoms with van der Waals surface area (Å²) < 4.78 is 11.2. The van der Waals surface area contributed by atoms with Crippen LogP contribution in [0.5, 0.6) is 11.5 Å². The van der Waals surface area contributed by atoms with Gasteiger partial charge in [-0.3, -0.25) is 4.79 Å². The Bertz CT molecular complexity index is 862. The molecule has 0 atom stereocenters. The number of aromatic nitrogens is 1. The number of aldehydes is 1. The van der Waals surface area contributed by atoms with E-state index >= 15 is 0 Å². The molecule has 0 fully saturated rings. The van der Waals surface area contributed by atoms with Crippen LogP contribution in [0.25, 0.3) is 10.9 Å². The molecule has 0 amide bonds. The zero-order valence-electron chi connectivity index (χ0n) is 13.2. The van der Waals surface area contributed by atoms with Crippen molar-refractivity contribution in [2.24, 2.45) is 0 Å². The van der Waals surface area contributed by atoms with Gasteiger partial charge in [-0.15, -0.1) is 0 Å². The van der Waals surface area contributed by atoms with Gasteiger partial charge < -0.3 is 9.47 Å². The zero-order chi connectivity index (χ0) is 16.9. The molecule has 2 aromatic carbocycles. The summed E-state index contributed by atoms with van der Waals surface area (Å²) in [6, 6.07) is 14.6. The van der Waals surface area contributed by atoms with E-state index in [0.29, 0.717) is 29.7 Å². The van der Waals surface area contributed by atoms with Crippen molar-refractivity contribution >= 4 is 28.8 Å². The van der Waals surface area contributed by atoms with E-state index in [9.17, 15) is 4.79 Å². The molecule has 0 unspecified atom stereocenters. The Labute approximate surface area is 145 Å². The van der Waals surface area contributed by atoms with E-state index in [0.717, 1.165) is 28.5 Å². The molecule has 24 heavy (non-hydrogen) atoms. The molecule has 1 aromatic heterocycles. The smallest absolute Gasteiger partial charge is 0.150 e. The van der Waals surface area contributed by atoms with Gasteiger partial charge in [-0.25, -0.2) is 4.98 Å². The summed E-state index contributed by atoms with van der Waals surface area (Å²) in [6.45, 7) is 2.85. The van der Waals surface area contributed by atoms with Gasteiger partial charge in [-0.1, -0.05) is 11.6 Å². The number of ether oxygens (including phenoxy) is 2. The monoisotopic (exact) mass is 341 g/mol. The summed E-state index contributed by atoms with van der Waals surface area (Å²) in [5.74, 6) is 1.46. The quantitative estimate of drug-likeness (QED) is 0.482. The third-order valence-electron chi connectivity index (χ3n) is 3.53. The highest BCUT2D eigenvalue weighted by Crippen LogP contribution is 2.25. The first kappa shape index (κ1) is 16.3. The molecule has 3 aromatic rings. The summed E-state index contributed by atoms with van der Waals surface area (Å²) in [4.78, 5) is 15.1. The fourth-order valence-electron chi connectivity index (χ4n) is 2.34. The molecule has 0 aliphatic rings. The molecule has 0 bridgehead atoms. The van der Waals surface area contributed by atoms with Crippen LogP contribution in [0, 0.1) is 0 Å². The molecule has 3 rings (SSSR count). The number of benzene rings is 2. The van der Waals surface area contributed by atoms with Crippen molar-refractivity contribution in [3.63, 3.8) is 0 Å². The van der Waals surface area contributed by atoms with Crippen molar-refractivity contribution in [2.75, 3.05) is 6.61 Å². The van der Waals surface area contributed by atoms with Crippen LogP contribution in [0.15, 0.2) is 48.5 Å². The fraction of sp³-hybridized carbons (Fsp3) is 0.158. The number of halogens is 1. The largest absolute Gasteiger partial charge is 0.494 e. The Kier molecular flexibility index (Phi) is 4.96. The highest BCUT2D eigenvalue weighted by Gasteiger charge is 2.07. The van der Waals surface area contributed by atoms with Gasteiger partial charge in [0.05, 0.1) is 12.1 Å². The third kappa shape index (κ3) is 3.66. The summed E-state index contributed by atoms with van der Waals surface area (Å²) >= 11 is 6.25. The number of carbonyl (C=O) groups excluding carboxylic acids is 1. The van der Waals surface area contributed by atoms with Gasteiger partial charge in [0, 0.05) is 16.5 Å². The number of fused-ring (bicyclic) bond motifs is 1. The molecular weight excluding hydrogens is 326 g/mol. The molecular formula is C19H16ClNO3. The zero-order valence-corrected chi connectivity index (χ0v) is 13.9. The lowest BCUT2D eigenvalue weighted by molar-refractivity contribution is 0.112. The van der Waals surface area contributed by atoms with E-state index in [1.807, 2.05) is 31.2 Å². The molecule has 0 aliphatic heterocycles. The van der Waals surface area contributed by atoms with Crippen molar-refractivity contribution in [1.82, 2.24) is 4.98 Å². The van der Waals surface area contributed by atoms with Gasteiger partial charge in [0.25, 0.3) is 0 Å². The van der Waals surface area contributed by atoms with Crippen LogP contribution >= 0.6 is 11.6 Å². The molecule has 1 heterocycles. The number of carbonyl (C=O) groups is 1. The molecule has 0 saturated heterocycles. The van der Waals surface area contributed by atoms with Crippen LogP contribution in [0.1, 0.15) is 22.8 Å². The Hall–Kier alpha value is -2.59. The fourth-order valence-corrected chi connectivity index (χ4v) is 2.54. The normalized spacial score (nSPS) is 10.6. The molecule has 0 saturated carbocycles. The van der Waals surface area contributed by atoms with Crippen LogP contribution in [-0.2, 0) is 6.61 Å². The first-order valence-electron chi connectivity index (χ1n) is 7.59. The summed E-state index contributed by atoms with van der Waals surface area (Å²) in [7, 11) is 0. The number of hydrogen-bond acceptors (Lipinski definition) is 4. The topological polar surface area (TPSA) is 48.4 Å². The van der Waals surface area contributed by atoms with E-state index in [-0.39, 0.29) is 0 Å². The van der Waals surface area contributed by atoms with Crippen LogP contribution < -0.4 is 9.47 Å². The molecule has 0 N–H and O–H groups in total. The molecule has 0 aliphatic carbocycles. The van der Waals surface area contributed by atoms with Gasteiger partial charge in [0.15, 0.2) is 0 Å². The summed E-state index contributed by atoms with van der Waals surface area (Å²) in [6.07, 6.45) is 0.795. The van der Waals surface area contributed by atoms with Crippen LogP contribution in [0.4, 0.5) is 0 Å². The van der Waals surface area contributed by atoms with E-state index in [2.05, 4.69) is 4.98 Å². The van der Waals surface area contributed by atoms with Crippen molar-refractivity contribution in [3.05, 3.63) is 64.8 Å². The lowest BCUT2D eigenvalue weighted by Crippen LogP contribution is -1.99.